The highest BCUT2D eigenvalue weighted by atomic mass is 35.5. The molecule has 20 heavy (non-hydrogen) atoms. The summed E-state index contributed by atoms with van der Waals surface area (Å²) >= 11 is 7.31. The fraction of sp³-hybridized carbons (Fsp3) is 0.0833. The van der Waals surface area contributed by atoms with Crippen LogP contribution in [0.1, 0.15) is 10.6 Å². The molecule has 0 atom stereocenters. The molecule has 0 spiro atoms. The van der Waals surface area contributed by atoms with Crippen LogP contribution in [-0.4, -0.2) is 32.8 Å². The van der Waals surface area contributed by atoms with Crippen molar-refractivity contribution in [2.75, 3.05) is 7.11 Å². The van der Waals surface area contributed by atoms with E-state index in [0.29, 0.717) is 27.0 Å². The summed E-state index contributed by atoms with van der Waals surface area (Å²) < 4.78 is 6.77. The van der Waals surface area contributed by atoms with Crippen molar-refractivity contribution in [1.29, 1.82) is 0 Å². The standard InChI is InChI=1S/C12H8ClN3O3S/c1-19-9-3-2-6(13)4-7(9)8-5-20-12-15-14-10(11(17)18)16(8)12/h2-5H,1H3,(H,17,18). The monoisotopic (exact) mass is 309 g/mol. The van der Waals surface area contributed by atoms with Crippen molar-refractivity contribution in [2.45, 2.75) is 0 Å². The van der Waals surface area contributed by atoms with Gasteiger partial charge in [-0.15, -0.1) is 21.5 Å². The van der Waals surface area contributed by atoms with E-state index in [1.807, 2.05) is 0 Å². The molecule has 6 nitrogen and oxygen atoms in total. The van der Waals surface area contributed by atoms with Gasteiger partial charge in [0.1, 0.15) is 5.75 Å². The van der Waals surface area contributed by atoms with Crippen LogP contribution in [0.15, 0.2) is 23.6 Å². The Kier molecular flexibility index (Phi) is 3.07. The third kappa shape index (κ3) is 1.91. The number of thiazole rings is 1. The van der Waals surface area contributed by atoms with Crippen molar-refractivity contribution >= 4 is 33.9 Å². The molecular weight excluding hydrogens is 302 g/mol. The lowest BCUT2D eigenvalue weighted by Gasteiger charge is -2.08. The highest BCUT2D eigenvalue weighted by Crippen LogP contribution is 2.35. The van der Waals surface area contributed by atoms with Crippen molar-refractivity contribution < 1.29 is 14.6 Å². The van der Waals surface area contributed by atoms with Crippen molar-refractivity contribution in [2.24, 2.45) is 0 Å². The number of carboxylic acid groups (broad SMARTS) is 1. The number of rotatable bonds is 3. The molecule has 102 valence electrons. The molecule has 0 bridgehead atoms. The van der Waals surface area contributed by atoms with E-state index >= 15 is 0 Å². The first-order valence-corrected chi connectivity index (χ1v) is 6.77. The Labute approximate surface area is 122 Å². The zero-order chi connectivity index (χ0) is 14.3. The maximum atomic E-state index is 11.2. The van der Waals surface area contributed by atoms with E-state index in [1.165, 1.54) is 15.7 Å². The highest BCUT2D eigenvalue weighted by Gasteiger charge is 2.20. The lowest BCUT2D eigenvalue weighted by molar-refractivity contribution is 0.0682. The van der Waals surface area contributed by atoms with Crippen LogP contribution >= 0.6 is 22.9 Å². The van der Waals surface area contributed by atoms with Gasteiger partial charge in [0.05, 0.1) is 12.8 Å². The first-order chi connectivity index (χ1) is 9.61. The zero-order valence-corrected chi connectivity index (χ0v) is 11.8. The lowest BCUT2D eigenvalue weighted by atomic mass is 10.1. The number of carbonyl (C=O) groups is 1. The molecule has 0 saturated carbocycles. The Balaban J connectivity index is 2.32. The van der Waals surface area contributed by atoms with E-state index in [4.69, 9.17) is 21.4 Å². The lowest BCUT2D eigenvalue weighted by Crippen LogP contribution is -2.04. The van der Waals surface area contributed by atoms with Gasteiger partial charge in [0.2, 0.25) is 10.8 Å². The van der Waals surface area contributed by atoms with Gasteiger partial charge in [0.15, 0.2) is 0 Å². The predicted octanol–water partition coefficient (Wildman–Crippen LogP) is 2.82. The normalized spacial score (nSPS) is 10.9. The van der Waals surface area contributed by atoms with Gasteiger partial charge in [-0.05, 0) is 18.2 Å². The second-order valence-corrected chi connectivity index (χ2v) is 5.19. The number of aromatic nitrogens is 3. The Morgan fingerprint density at radius 1 is 1.45 bits per heavy atom. The summed E-state index contributed by atoms with van der Waals surface area (Å²) in [6.45, 7) is 0. The fourth-order valence-electron chi connectivity index (χ4n) is 1.93. The molecule has 0 aliphatic carbocycles. The minimum Gasteiger partial charge on any atom is -0.496 e. The van der Waals surface area contributed by atoms with Crippen molar-refractivity contribution in [1.82, 2.24) is 14.6 Å². The van der Waals surface area contributed by atoms with Gasteiger partial charge in [0.25, 0.3) is 0 Å². The van der Waals surface area contributed by atoms with Gasteiger partial charge >= 0.3 is 5.97 Å². The molecule has 3 aromatic rings. The average Bonchev–Trinajstić information content (AvgIpc) is 2.99. The van der Waals surface area contributed by atoms with E-state index in [0.717, 1.165) is 0 Å². The molecule has 0 aliphatic rings. The summed E-state index contributed by atoms with van der Waals surface area (Å²) in [6.07, 6.45) is 0. The van der Waals surface area contributed by atoms with Crippen LogP contribution in [0.4, 0.5) is 0 Å². The van der Waals surface area contributed by atoms with E-state index < -0.39 is 5.97 Å². The van der Waals surface area contributed by atoms with Gasteiger partial charge in [-0.1, -0.05) is 11.6 Å². The first kappa shape index (κ1) is 12.9. The van der Waals surface area contributed by atoms with Gasteiger partial charge in [-0.2, -0.15) is 0 Å². The van der Waals surface area contributed by atoms with Gasteiger partial charge < -0.3 is 9.84 Å². The number of fused-ring (bicyclic) bond motifs is 1. The largest absolute Gasteiger partial charge is 0.496 e. The predicted molar refractivity (Wildman–Crippen MR) is 74.8 cm³/mol. The number of nitrogens with zero attached hydrogens (tertiary/aromatic N) is 3. The Hall–Kier alpha value is -2.12. The van der Waals surface area contributed by atoms with Crippen LogP contribution in [0.5, 0.6) is 5.75 Å². The number of hydrogen-bond acceptors (Lipinski definition) is 5. The summed E-state index contributed by atoms with van der Waals surface area (Å²) in [5.74, 6) is -0.685. The number of halogens is 1. The second kappa shape index (κ2) is 4.77. The van der Waals surface area contributed by atoms with Crippen LogP contribution in [0.2, 0.25) is 5.02 Å². The number of aromatic carboxylic acids is 1. The Morgan fingerprint density at radius 3 is 2.95 bits per heavy atom. The van der Waals surface area contributed by atoms with Gasteiger partial charge in [-0.25, -0.2) is 4.79 Å². The summed E-state index contributed by atoms with van der Waals surface area (Å²) in [5.41, 5.74) is 1.32. The molecule has 1 N–H and O–H groups in total. The summed E-state index contributed by atoms with van der Waals surface area (Å²) in [5, 5.41) is 19.0. The van der Waals surface area contributed by atoms with E-state index in [2.05, 4.69) is 10.2 Å². The average molecular weight is 310 g/mol. The van der Waals surface area contributed by atoms with E-state index in [9.17, 15) is 4.79 Å². The maximum Gasteiger partial charge on any atom is 0.374 e. The molecular formula is C12H8ClN3O3S. The molecule has 0 saturated heterocycles. The summed E-state index contributed by atoms with van der Waals surface area (Å²) in [6, 6.07) is 5.15. The second-order valence-electron chi connectivity index (χ2n) is 3.91. The fourth-order valence-corrected chi connectivity index (χ4v) is 2.93. The number of ether oxygens (including phenoxy) is 1. The van der Waals surface area contributed by atoms with Crippen molar-refractivity contribution in [3.63, 3.8) is 0 Å². The minimum absolute atomic E-state index is 0.140. The molecule has 0 aliphatic heterocycles. The highest BCUT2D eigenvalue weighted by molar-refractivity contribution is 7.15. The summed E-state index contributed by atoms with van der Waals surface area (Å²) in [7, 11) is 1.54. The Bertz CT molecular complexity index is 811. The van der Waals surface area contributed by atoms with Gasteiger partial charge in [-0.3, -0.25) is 4.40 Å². The van der Waals surface area contributed by atoms with E-state index in [1.54, 1.807) is 30.7 Å². The molecule has 2 aromatic heterocycles. The van der Waals surface area contributed by atoms with Crippen LogP contribution in [-0.2, 0) is 0 Å². The molecule has 0 fully saturated rings. The van der Waals surface area contributed by atoms with Crippen molar-refractivity contribution in [3.8, 4) is 17.0 Å². The summed E-state index contributed by atoms with van der Waals surface area (Å²) in [4.78, 5) is 11.7. The maximum absolute atomic E-state index is 11.2. The number of hydrogen-bond donors (Lipinski definition) is 1. The van der Waals surface area contributed by atoms with Crippen molar-refractivity contribution in [3.05, 3.63) is 34.4 Å². The third-order valence-corrected chi connectivity index (χ3v) is 3.83. The molecule has 1 aromatic carbocycles. The number of carboxylic acids is 1. The third-order valence-electron chi connectivity index (χ3n) is 2.78. The number of benzene rings is 1. The SMILES string of the molecule is COc1ccc(Cl)cc1-c1csc2nnc(C(=O)O)n12. The molecule has 3 rings (SSSR count). The molecule has 0 radical (unpaired) electrons. The zero-order valence-electron chi connectivity index (χ0n) is 10.2. The van der Waals surface area contributed by atoms with Crippen LogP contribution in [0, 0.1) is 0 Å². The minimum atomic E-state index is -1.14. The van der Waals surface area contributed by atoms with Crippen LogP contribution in [0.25, 0.3) is 16.2 Å². The molecule has 0 unspecified atom stereocenters. The molecule has 2 heterocycles. The van der Waals surface area contributed by atoms with Crippen LogP contribution < -0.4 is 4.74 Å². The van der Waals surface area contributed by atoms with Gasteiger partial charge in [0, 0.05) is 16.0 Å². The molecule has 8 heteroatoms. The molecule has 0 amide bonds. The van der Waals surface area contributed by atoms with Crippen LogP contribution in [0.3, 0.4) is 0 Å². The first-order valence-electron chi connectivity index (χ1n) is 5.51. The Morgan fingerprint density at radius 2 is 2.25 bits per heavy atom. The number of methoxy groups -OCH3 is 1. The van der Waals surface area contributed by atoms with E-state index in [-0.39, 0.29) is 5.82 Å². The quantitative estimate of drug-likeness (QED) is 0.805. The smallest absolute Gasteiger partial charge is 0.374 e. The topological polar surface area (TPSA) is 76.7 Å².